The van der Waals surface area contributed by atoms with Crippen LogP contribution in [0.25, 0.3) is 0 Å². The van der Waals surface area contributed by atoms with Gasteiger partial charge in [-0.1, -0.05) is 80.6 Å². The molecular formula is C45H72N4O7S. The van der Waals surface area contributed by atoms with Crippen molar-refractivity contribution in [3.05, 3.63) is 0 Å². The lowest BCUT2D eigenvalue weighted by atomic mass is 9.73. The lowest BCUT2D eigenvalue weighted by Gasteiger charge is -2.37. The van der Waals surface area contributed by atoms with E-state index in [1.807, 2.05) is 27.7 Å². The quantitative estimate of drug-likeness (QED) is 0.195. The Morgan fingerprint density at radius 2 is 1.49 bits per heavy atom. The summed E-state index contributed by atoms with van der Waals surface area (Å²) in [6.07, 6.45) is 12.3. The molecule has 7 aliphatic rings. The van der Waals surface area contributed by atoms with Gasteiger partial charge in [0.2, 0.25) is 27.7 Å². The summed E-state index contributed by atoms with van der Waals surface area (Å²) in [4.78, 5) is 76.6. The zero-order valence-electron chi connectivity index (χ0n) is 36.3. The van der Waals surface area contributed by atoms with Gasteiger partial charge in [-0.05, 0) is 112 Å². The minimum atomic E-state index is -3.88. The van der Waals surface area contributed by atoms with E-state index in [1.54, 1.807) is 11.8 Å². The Morgan fingerprint density at radius 1 is 0.825 bits per heavy atom. The Balaban J connectivity index is 1.15. The molecule has 0 bridgehead atoms. The monoisotopic (exact) mass is 813 g/mol. The van der Waals surface area contributed by atoms with Gasteiger partial charge in [-0.15, -0.1) is 0 Å². The van der Waals surface area contributed by atoms with Gasteiger partial charge in [-0.25, -0.2) is 8.42 Å². The molecule has 5 saturated carbocycles. The molecular weight excluding hydrogens is 741 g/mol. The first-order valence-corrected chi connectivity index (χ1v) is 24.1. The molecule has 0 aromatic carbocycles. The van der Waals surface area contributed by atoms with Gasteiger partial charge in [0.15, 0.2) is 11.6 Å². The highest BCUT2D eigenvalue weighted by Gasteiger charge is 2.85. The number of nitrogens with one attached hydrogen (secondary N) is 2. The third-order valence-electron chi connectivity index (χ3n) is 17.6. The first-order valence-electron chi connectivity index (χ1n) is 22.6. The van der Waals surface area contributed by atoms with Crippen LogP contribution in [0.15, 0.2) is 0 Å². The number of amides is 3. The number of fused-ring (bicyclic) bond motifs is 1. The minimum absolute atomic E-state index is 0.0221. The highest BCUT2D eigenvalue weighted by atomic mass is 32.2. The summed E-state index contributed by atoms with van der Waals surface area (Å²) < 4.78 is 27.8. The van der Waals surface area contributed by atoms with E-state index in [1.165, 1.54) is 0 Å². The molecule has 2 N–H and O–H groups in total. The second-order valence-electron chi connectivity index (χ2n) is 21.6. The Labute approximate surface area is 342 Å². The SMILES string of the molecule is CC[C@@H]1C[C@]1(CC(=O)[C@@H]1C[C@@]2(CN1C(=O)[C@@H](CC(=O)[C@@H](NC(=O)[C@@H]1CCCN1CC)C1CCCCC1)C(C)(C)C)C(C)(C)C21CCC1)C(=O)NS(=O)(=O)C1(C)CC1. The van der Waals surface area contributed by atoms with Crippen molar-refractivity contribution in [1.29, 1.82) is 0 Å². The Morgan fingerprint density at radius 3 is 2.02 bits per heavy atom. The van der Waals surface area contributed by atoms with E-state index in [4.69, 9.17) is 0 Å². The number of likely N-dealkylation sites (tertiary alicyclic amines) is 2. The Hall–Kier alpha value is -2.34. The van der Waals surface area contributed by atoms with Crippen LogP contribution >= 0.6 is 0 Å². The molecule has 12 heteroatoms. The maximum absolute atomic E-state index is 15.3. The molecule has 2 heterocycles. The third kappa shape index (κ3) is 6.94. The van der Waals surface area contributed by atoms with Crippen molar-refractivity contribution in [2.24, 2.45) is 44.8 Å². The van der Waals surface area contributed by atoms with Gasteiger partial charge in [0.25, 0.3) is 0 Å². The molecule has 3 amide bonds. The molecule has 2 spiro atoms. The van der Waals surface area contributed by atoms with Crippen LogP contribution in [0.2, 0.25) is 0 Å². The fraction of sp³-hybridized carbons (Fsp3) is 0.889. The van der Waals surface area contributed by atoms with Crippen LogP contribution in [0, 0.1) is 44.8 Å². The molecule has 7 rings (SSSR count). The predicted octanol–water partition coefficient (Wildman–Crippen LogP) is 6.33. The number of carbonyl (C=O) groups is 5. The van der Waals surface area contributed by atoms with Crippen LogP contribution in [-0.2, 0) is 34.0 Å². The number of hydrogen-bond acceptors (Lipinski definition) is 8. The van der Waals surface area contributed by atoms with Crippen LogP contribution in [0.1, 0.15) is 165 Å². The molecule has 7 atom stereocenters. The van der Waals surface area contributed by atoms with Gasteiger partial charge in [-0.3, -0.25) is 33.6 Å². The van der Waals surface area contributed by atoms with Crippen LogP contribution < -0.4 is 10.0 Å². The fourth-order valence-electron chi connectivity index (χ4n) is 12.8. The Bertz CT molecular complexity index is 1760. The van der Waals surface area contributed by atoms with E-state index in [2.05, 4.69) is 35.7 Å². The van der Waals surface area contributed by atoms with Crippen LogP contribution in [0.5, 0.6) is 0 Å². The smallest absolute Gasteiger partial charge is 0.240 e. The van der Waals surface area contributed by atoms with E-state index in [9.17, 15) is 27.6 Å². The van der Waals surface area contributed by atoms with Crippen molar-refractivity contribution in [2.45, 2.75) is 187 Å². The molecule has 320 valence electrons. The van der Waals surface area contributed by atoms with Gasteiger partial charge in [0, 0.05) is 30.7 Å². The average molecular weight is 813 g/mol. The van der Waals surface area contributed by atoms with E-state index in [0.717, 1.165) is 77.3 Å². The maximum Gasteiger partial charge on any atom is 0.240 e. The average Bonchev–Trinajstić information content (AvgIpc) is 4.01. The molecule has 57 heavy (non-hydrogen) atoms. The number of hydrogen-bond donors (Lipinski definition) is 2. The van der Waals surface area contributed by atoms with Gasteiger partial charge >= 0.3 is 0 Å². The normalized spacial score (nSPS) is 33.7. The van der Waals surface area contributed by atoms with Crippen molar-refractivity contribution in [3.8, 4) is 0 Å². The van der Waals surface area contributed by atoms with Crippen molar-refractivity contribution in [3.63, 3.8) is 0 Å². The Kier molecular flexibility index (Phi) is 11.0. The summed E-state index contributed by atoms with van der Waals surface area (Å²) in [5, 5.41) is 3.24. The molecule has 2 saturated heterocycles. The first kappa shape index (κ1) is 42.8. The number of carbonyl (C=O) groups excluding carboxylic acids is 5. The molecule has 0 aromatic rings. The van der Waals surface area contributed by atoms with E-state index in [0.29, 0.717) is 38.6 Å². The standard InChI is InChI=1S/C45H72N4O7S/c1-9-30-25-43(30,39(54)47-57(55,56)42(8)21-22-42)27-35(51)33-26-45(41(6,7)44(45)19-15-20-44)28-49(33)38(53)31(40(3,4)5)24-34(50)36(29-16-12-11-13-17-29)46-37(52)32-18-14-23-48(32)10-2/h29-33,36H,9-28H2,1-8H3,(H,46,52)(H,47,54)/t30-,31-,32+,33+,36+,43-,45-/m1/s1. The van der Waals surface area contributed by atoms with Crippen molar-refractivity contribution >= 4 is 39.3 Å². The lowest BCUT2D eigenvalue weighted by molar-refractivity contribution is -0.147. The third-order valence-corrected chi connectivity index (χ3v) is 19.7. The van der Waals surface area contributed by atoms with Crippen molar-refractivity contribution < 1.29 is 32.4 Å². The summed E-state index contributed by atoms with van der Waals surface area (Å²) >= 11 is 0. The number of likely N-dealkylation sites (N-methyl/N-ethyl adjacent to an activating group) is 1. The van der Waals surface area contributed by atoms with Gasteiger partial charge in [0.05, 0.1) is 28.3 Å². The van der Waals surface area contributed by atoms with E-state index < -0.39 is 49.5 Å². The maximum atomic E-state index is 15.3. The second kappa shape index (κ2) is 14.7. The zero-order valence-corrected chi connectivity index (χ0v) is 37.1. The summed E-state index contributed by atoms with van der Waals surface area (Å²) in [5.41, 5.74) is -1.99. The lowest BCUT2D eigenvalue weighted by Crippen LogP contribution is -2.54. The largest absolute Gasteiger partial charge is 0.345 e. The number of ketones is 2. The second-order valence-corrected chi connectivity index (χ2v) is 23.8. The van der Waals surface area contributed by atoms with Gasteiger partial charge < -0.3 is 10.2 Å². The van der Waals surface area contributed by atoms with Crippen molar-refractivity contribution in [2.75, 3.05) is 19.6 Å². The van der Waals surface area contributed by atoms with Crippen molar-refractivity contribution in [1.82, 2.24) is 19.8 Å². The first-order chi connectivity index (χ1) is 26.6. The van der Waals surface area contributed by atoms with Crippen LogP contribution in [0.3, 0.4) is 0 Å². The predicted molar refractivity (Wildman–Crippen MR) is 219 cm³/mol. The van der Waals surface area contributed by atoms with Gasteiger partial charge in [-0.2, -0.15) is 0 Å². The fourth-order valence-corrected chi connectivity index (χ4v) is 14.1. The molecule has 0 unspecified atom stereocenters. The molecule has 11 nitrogen and oxygen atoms in total. The van der Waals surface area contributed by atoms with Gasteiger partial charge in [0.1, 0.15) is 0 Å². The molecule has 7 fully saturated rings. The molecule has 2 aliphatic heterocycles. The summed E-state index contributed by atoms with van der Waals surface area (Å²) in [7, 11) is -3.88. The number of rotatable bonds is 15. The highest BCUT2D eigenvalue weighted by molar-refractivity contribution is 7.91. The summed E-state index contributed by atoms with van der Waals surface area (Å²) in [5.74, 6) is -1.96. The minimum Gasteiger partial charge on any atom is -0.345 e. The number of sulfonamides is 1. The van der Waals surface area contributed by atoms with Crippen LogP contribution in [-0.4, -0.2) is 90.0 Å². The summed E-state index contributed by atoms with van der Waals surface area (Å²) in [6.45, 7) is 18.3. The molecule has 0 radical (unpaired) electrons. The van der Waals surface area contributed by atoms with E-state index in [-0.39, 0.29) is 70.3 Å². The molecule has 5 aliphatic carbocycles. The van der Waals surface area contributed by atoms with E-state index >= 15 is 4.79 Å². The van der Waals surface area contributed by atoms with Crippen LogP contribution in [0.4, 0.5) is 0 Å². The number of nitrogens with zero attached hydrogens (tertiary/aromatic N) is 2. The molecule has 0 aromatic heterocycles. The zero-order chi connectivity index (χ0) is 41.6. The highest BCUT2D eigenvalue weighted by Crippen LogP contribution is 2.88. The topological polar surface area (TPSA) is 150 Å². The number of Topliss-reactive ketones (excluding diaryl/α,β-unsaturated/α-hetero) is 2. The summed E-state index contributed by atoms with van der Waals surface area (Å²) in [6, 6.07) is -1.66.